The van der Waals surface area contributed by atoms with Crippen molar-refractivity contribution < 1.29 is 0 Å². The Bertz CT molecular complexity index is 786. The molecule has 2 aromatic heterocycles. The Morgan fingerprint density at radius 2 is 2.30 bits per heavy atom. The number of fused-ring (bicyclic) bond motifs is 3. The molecule has 5 heteroatoms. The number of nitrogens with one attached hydrogen (secondary N) is 1. The van der Waals surface area contributed by atoms with Gasteiger partial charge in [0.15, 0.2) is 5.82 Å². The number of benzene rings is 1. The van der Waals surface area contributed by atoms with Crippen molar-refractivity contribution in [3.05, 3.63) is 40.4 Å². The van der Waals surface area contributed by atoms with Gasteiger partial charge in [-0.2, -0.15) is 4.98 Å². The third kappa shape index (κ3) is 1.77. The fraction of sp³-hybridized carbons (Fsp3) is 0.333. The third-order valence-electron chi connectivity index (χ3n) is 3.80. The Morgan fingerprint density at radius 1 is 1.40 bits per heavy atom. The SMILES string of the molecule is Cc1cccc(-c2nc3sc4c(n3n2)CCNC4C)c1. The number of rotatable bonds is 1. The Morgan fingerprint density at radius 3 is 3.15 bits per heavy atom. The molecular weight excluding hydrogens is 268 g/mol. The summed E-state index contributed by atoms with van der Waals surface area (Å²) in [6.45, 7) is 5.31. The zero-order valence-electron chi connectivity index (χ0n) is 11.6. The predicted molar refractivity (Wildman–Crippen MR) is 81.2 cm³/mol. The first-order valence-corrected chi connectivity index (χ1v) is 7.73. The predicted octanol–water partition coefficient (Wildman–Crippen LogP) is 2.97. The molecule has 0 spiro atoms. The molecule has 20 heavy (non-hydrogen) atoms. The largest absolute Gasteiger partial charge is 0.309 e. The van der Waals surface area contributed by atoms with Crippen LogP contribution >= 0.6 is 11.3 Å². The van der Waals surface area contributed by atoms with Crippen LogP contribution < -0.4 is 5.32 Å². The molecule has 1 aliphatic rings. The normalized spacial score (nSPS) is 18.4. The van der Waals surface area contributed by atoms with Crippen LogP contribution in [-0.4, -0.2) is 21.1 Å². The lowest BCUT2D eigenvalue weighted by Gasteiger charge is -2.19. The number of hydrogen-bond acceptors (Lipinski definition) is 4. The highest BCUT2D eigenvalue weighted by molar-refractivity contribution is 7.17. The number of aromatic nitrogens is 3. The van der Waals surface area contributed by atoms with Crippen LogP contribution in [0.15, 0.2) is 24.3 Å². The van der Waals surface area contributed by atoms with E-state index in [1.54, 1.807) is 11.3 Å². The zero-order chi connectivity index (χ0) is 13.7. The van der Waals surface area contributed by atoms with E-state index in [1.165, 1.54) is 16.1 Å². The molecule has 3 aromatic rings. The van der Waals surface area contributed by atoms with Gasteiger partial charge in [-0.3, -0.25) is 0 Å². The van der Waals surface area contributed by atoms with E-state index in [9.17, 15) is 0 Å². The van der Waals surface area contributed by atoms with Crippen molar-refractivity contribution in [2.45, 2.75) is 26.3 Å². The lowest BCUT2D eigenvalue weighted by Crippen LogP contribution is -2.27. The van der Waals surface area contributed by atoms with Gasteiger partial charge in [0.25, 0.3) is 0 Å². The zero-order valence-corrected chi connectivity index (χ0v) is 12.4. The monoisotopic (exact) mass is 284 g/mol. The van der Waals surface area contributed by atoms with Gasteiger partial charge in [-0.1, -0.05) is 35.1 Å². The van der Waals surface area contributed by atoms with E-state index >= 15 is 0 Å². The van der Waals surface area contributed by atoms with E-state index in [-0.39, 0.29) is 0 Å². The van der Waals surface area contributed by atoms with Gasteiger partial charge in [-0.15, -0.1) is 5.10 Å². The highest BCUT2D eigenvalue weighted by Crippen LogP contribution is 2.32. The molecule has 1 aromatic carbocycles. The van der Waals surface area contributed by atoms with E-state index in [0.29, 0.717) is 6.04 Å². The Balaban J connectivity index is 1.86. The second-order valence-corrected chi connectivity index (χ2v) is 6.35. The molecule has 0 radical (unpaired) electrons. The summed E-state index contributed by atoms with van der Waals surface area (Å²) in [5.41, 5.74) is 3.65. The van der Waals surface area contributed by atoms with Gasteiger partial charge >= 0.3 is 0 Å². The number of thiazole rings is 1. The summed E-state index contributed by atoms with van der Waals surface area (Å²) in [4.78, 5) is 7.08. The molecule has 0 bridgehead atoms. The van der Waals surface area contributed by atoms with Gasteiger partial charge in [-0.05, 0) is 19.9 Å². The first-order chi connectivity index (χ1) is 9.72. The fourth-order valence-corrected chi connectivity index (χ4v) is 3.91. The summed E-state index contributed by atoms with van der Waals surface area (Å²) in [6.07, 6.45) is 1.02. The number of nitrogens with zero attached hydrogens (tertiary/aromatic N) is 3. The molecule has 1 aliphatic heterocycles. The van der Waals surface area contributed by atoms with Crippen LogP contribution in [-0.2, 0) is 6.42 Å². The lowest BCUT2D eigenvalue weighted by molar-refractivity contribution is 0.537. The van der Waals surface area contributed by atoms with Gasteiger partial charge in [0, 0.05) is 29.4 Å². The molecule has 0 amide bonds. The summed E-state index contributed by atoms with van der Waals surface area (Å²) in [6, 6.07) is 8.77. The maximum absolute atomic E-state index is 4.72. The van der Waals surface area contributed by atoms with Crippen molar-refractivity contribution in [1.82, 2.24) is 19.9 Å². The lowest BCUT2D eigenvalue weighted by atomic mass is 10.1. The Kier molecular flexibility index (Phi) is 2.65. The molecule has 4 nitrogen and oxygen atoms in total. The number of aryl methyl sites for hydroxylation is 1. The molecule has 1 unspecified atom stereocenters. The van der Waals surface area contributed by atoms with E-state index in [1.807, 2.05) is 4.52 Å². The van der Waals surface area contributed by atoms with Crippen LogP contribution in [0.4, 0.5) is 0 Å². The van der Waals surface area contributed by atoms with Gasteiger partial charge in [0.05, 0.1) is 5.69 Å². The van der Waals surface area contributed by atoms with E-state index < -0.39 is 0 Å². The van der Waals surface area contributed by atoms with Gasteiger partial charge in [-0.25, -0.2) is 4.52 Å². The third-order valence-corrected chi connectivity index (χ3v) is 5.06. The van der Waals surface area contributed by atoms with Gasteiger partial charge in [0.1, 0.15) is 0 Å². The molecule has 3 heterocycles. The topological polar surface area (TPSA) is 42.2 Å². The van der Waals surface area contributed by atoms with Crippen LogP contribution in [0.3, 0.4) is 0 Å². The smallest absolute Gasteiger partial charge is 0.213 e. The van der Waals surface area contributed by atoms with Crippen molar-refractivity contribution in [2.24, 2.45) is 0 Å². The Labute approximate surface area is 121 Å². The average molecular weight is 284 g/mol. The van der Waals surface area contributed by atoms with Crippen LogP contribution in [0.1, 0.15) is 29.1 Å². The summed E-state index contributed by atoms with van der Waals surface area (Å²) >= 11 is 1.75. The molecule has 0 saturated carbocycles. The first kappa shape index (κ1) is 12.1. The highest BCUT2D eigenvalue weighted by atomic mass is 32.1. The summed E-state index contributed by atoms with van der Waals surface area (Å²) in [5.74, 6) is 0.828. The molecule has 0 saturated heterocycles. The summed E-state index contributed by atoms with van der Waals surface area (Å²) in [5, 5.41) is 8.20. The number of hydrogen-bond donors (Lipinski definition) is 1. The Hall–Kier alpha value is -1.72. The molecule has 0 fully saturated rings. The summed E-state index contributed by atoms with van der Waals surface area (Å²) in [7, 11) is 0. The minimum Gasteiger partial charge on any atom is -0.309 e. The average Bonchev–Trinajstić information content (AvgIpc) is 2.98. The van der Waals surface area contributed by atoms with Crippen LogP contribution in [0.2, 0.25) is 0 Å². The van der Waals surface area contributed by atoms with Gasteiger partial charge in [0.2, 0.25) is 4.96 Å². The fourth-order valence-electron chi connectivity index (χ4n) is 2.77. The highest BCUT2D eigenvalue weighted by Gasteiger charge is 2.23. The van der Waals surface area contributed by atoms with Crippen molar-refractivity contribution in [2.75, 3.05) is 6.54 Å². The van der Waals surface area contributed by atoms with Crippen molar-refractivity contribution >= 4 is 16.3 Å². The van der Waals surface area contributed by atoms with Crippen molar-refractivity contribution in [3.8, 4) is 11.4 Å². The van der Waals surface area contributed by atoms with Gasteiger partial charge < -0.3 is 5.32 Å². The van der Waals surface area contributed by atoms with Crippen LogP contribution in [0, 0.1) is 6.92 Å². The molecule has 4 rings (SSSR count). The molecule has 1 atom stereocenters. The summed E-state index contributed by atoms with van der Waals surface area (Å²) < 4.78 is 2.04. The van der Waals surface area contributed by atoms with E-state index in [4.69, 9.17) is 10.1 Å². The quantitative estimate of drug-likeness (QED) is 0.747. The molecule has 0 aliphatic carbocycles. The van der Waals surface area contributed by atoms with Crippen LogP contribution in [0.25, 0.3) is 16.3 Å². The second kappa shape index (κ2) is 4.40. The first-order valence-electron chi connectivity index (χ1n) is 6.91. The minimum atomic E-state index is 0.412. The van der Waals surface area contributed by atoms with E-state index in [0.717, 1.165) is 29.3 Å². The van der Waals surface area contributed by atoms with E-state index in [2.05, 4.69) is 43.4 Å². The second-order valence-electron chi connectivity index (χ2n) is 5.34. The maximum atomic E-state index is 4.72. The standard InChI is InChI=1S/C15H16N4S/c1-9-4-3-5-11(8-9)14-17-15-19(18-14)12-6-7-16-10(2)13(12)20-15/h3-5,8,10,16H,6-7H2,1-2H3. The van der Waals surface area contributed by atoms with Crippen LogP contribution in [0.5, 0.6) is 0 Å². The maximum Gasteiger partial charge on any atom is 0.213 e. The molecule has 102 valence electrons. The van der Waals surface area contributed by atoms with Crippen molar-refractivity contribution in [1.29, 1.82) is 0 Å². The molecule has 1 N–H and O–H groups in total. The van der Waals surface area contributed by atoms with Crippen molar-refractivity contribution in [3.63, 3.8) is 0 Å². The molecular formula is C15H16N4S. The minimum absolute atomic E-state index is 0.412.